The Kier molecular flexibility index (Phi) is 7.64. The van der Waals surface area contributed by atoms with Gasteiger partial charge in [0.15, 0.2) is 8.68 Å². The second-order valence-electron chi connectivity index (χ2n) is 6.10. The van der Waals surface area contributed by atoms with E-state index in [1.54, 1.807) is 18.0 Å². The summed E-state index contributed by atoms with van der Waals surface area (Å²) in [5, 5.41) is 12.3. The van der Waals surface area contributed by atoms with Crippen LogP contribution in [0.15, 0.2) is 62.3 Å². The molecule has 8 heteroatoms. The molecule has 0 atom stereocenters. The van der Waals surface area contributed by atoms with Crippen LogP contribution in [0.25, 0.3) is 0 Å². The molecule has 0 aliphatic carbocycles. The summed E-state index contributed by atoms with van der Waals surface area (Å²) in [5.41, 5.74) is 7.17. The minimum atomic E-state index is -0.169. The second kappa shape index (κ2) is 10.4. The molecule has 1 N–H and O–H groups in total. The van der Waals surface area contributed by atoms with Crippen molar-refractivity contribution in [1.29, 1.82) is 0 Å². The summed E-state index contributed by atoms with van der Waals surface area (Å²) in [4.78, 5) is 11.9. The first-order chi connectivity index (χ1) is 13.6. The van der Waals surface area contributed by atoms with Gasteiger partial charge in [-0.1, -0.05) is 94.5 Å². The van der Waals surface area contributed by atoms with Crippen molar-refractivity contribution in [3.63, 3.8) is 0 Å². The lowest BCUT2D eigenvalue weighted by atomic mass is 10.2. The highest BCUT2D eigenvalue weighted by Crippen LogP contribution is 2.30. The number of nitrogens with one attached hydrogen (secondary N) is 1. The van der Waals surface area contributed by atoms with Crippen molar-refractivity contribution in [2.24, 2.45) is 5.10 Å². The molecule has 3 aromatic rings. The summed E-state index contributed by atoms with van der Waals surface area (Å²) in [6, 6.07) is 16.4. The number of hydrogen-bond acceptors (Lipinski definition) is 7. The van der Waals surface area contributed by atoms with Gasteiger partial charge < -0.3 is 0 Å². The molecule has 0 unspecified atom stereocenters. The van der Waals surface area contributed by atoms with Crippen LogP contribution in [-0.2, 0) is 10.5 Å². The third-order valence-electron chi connectivity index (χ3n) is 3.68. The van der Waals surface area contributed by atoms with Crippen LogP contribution in [0.5, 0.6) is 0 Å². The molecule has 28 heavy (non-hydrogen) atoms. The Bertz CT molecular complexity index is 937. The third-order valence-corrected chi connectivity index (χ3v) is 6.94. The SMILES string of the molecule is Cc1ccc(/C=N/NC(=O)CSc2nnc(SCc3ccc(C)cc3)s2)cc1. The summed E-state index contributed by atoms with van der Waals surface area (Å²) in [5.74, 6) is 0.938. The Balaban J connectivity index is 1.40. The first-order valence-corrected chi connectivity index (χ1v) is 11.4. The molecule has 0 aliphatic heterocycles. The molecule has 0 fully saturated rings. The van der Waals surface area contributed by atoms with E-state index in [4.69, 9.17) is 0 Å². The number of amides is 1. The number of aromatic nitrogens is 2. The average Bonchev–Trinajstić information content (AvgIpc) is 3.15. The first kappa shape index (κ1) is 20.6. The van der Waals surface area contributed by atoms with Crippen molar-refractivity contribution in [2.75, 3.05) is 5.75 Å². The summed E-state index contributed by atoms with van der Waals surface area (Å²) < 4.78 is 1.69. The number of thioether (sulfide) groups is 2. The molecule has 0 saturated heterocycles. The van der Waals surface area contributed by atoms with Crippen LogP contribution in [0.3, 0.4) is 0 Å². The van der Waals surface area contributed by atoms with E-state index in [0.717, 1.165) is 20.0 Å². The number of carbonyl (C=O) groups excluding carboxylic acids is 1. The molecule has 1 aromatic heterocycles. The van der Waals surface area contributed by atoms with Crippen molar-refractivity contribution < 1.29 is 4.79 Å². The maximum atomic E-state index is 11.9. The van der Waals surface area contributed by atoms with Gasteiger partial charge in [0.25, 0.3) is 5.91 Å². The molecule has 3 rings (SSSR count). The maximum absolute atomic E-state index is 11.9. The van der Waals surface area contributed by atoms with E-state index in [-0.39, 0.29) is 11.7 Å². The molecular weight excluding hydrogens is 408 g/mol. The van der Waals surface area contributed by atoms with Gasteiger partial charge in [-0.15, -0.1) is 10.2 Å². The Morgan fingerprint density at radius 2 is 1.61 bits per heavy atom. The summed E-state index contributed by atoms with van der Waals surface area (Å²) >= 11 is 4.53. The first-order valence-electron chi connectivity index (χ1n) is 8.62. The van der Waals surface area contributed by atoms with Crippen molar-refractivity contribution in [2.45, 2.75) is 28.3 Å². The Hall–Kier alpha value is -2.16. The standard InChI is InChI=1S/C20H20N4OS3/c1-14-3-7-16(8-4-14)11-21-22-18(25)13-27-20-24-23-19(28-20)26-12-17-9-5-15(2)6-10-17/h3-11H,12-13H2,1-2H3,(H,22,25)/b21-11+. The van der Waals surface area contributed by atoms with Crippen LogP contribution in [0.2, 0.25) is 0 Å². The number of nitrogens with zero attached hydrogens (tertiary/aromatic N) is 3. The number of hydrazone groups is 1. The quantitative estimate of drug-likeness (QED) is 0.320. The molecule has 0 aliphatic rings. The molecule has 144 valence electrons. The molecular formula is C20H20N4OS3. The molecule has 5 nitrogen and oxygen atoms in total. The predicted octanol–water partition coefficient (Wildman–Crippen LogP) is 4.69. The lowest BCUT2D eigenvalue weighted by Crippen LogP contribution is -2.19. The fourth-order valence-electron chi connectivity index (χ4n) is 2.13. The van der Waals surface area contributed by atoms with Crippen LogP contribution < -0.4 is 5.43 Å². The van der Waals surface area contributed by atoms with Gasteiger partial charge >= 0.3 is 0 Å². The van der Waals surface area contributed by atoms with Crippen molar-refractivity contribution in [1.82, 2.24) is 15.6 Å². The van der Waals surface area contributed by atoms with Crippen LogP contribution >= 0.6 is 34.9 Å². The van der Waals surface area contributed by atoms with Gasteiger partial charge in [-0.3, -0.25) is 4.79 Å². The molecule has 0 radical (unpaired) electrons. The summed E-state index contributed by atoms with van der Waals surface area (Å²) in [6.45, 7) is 4.11. The van der Waals surface area contributed by atoms with E-state index in [2.05, 4.69) is 51.9 Å². The Morgan fingerprint density at radius 1 is 1.00 bits per heavy atom. The van der Waals surface area contributed by atoms with Gasteiger partial charge in [0.1, 0.15) is 0 Å². The Labute approximate surface area is 177 Å². The zero-order valence-electron chi connectivity index (χ0n) is 15.6. The monoisotopic (exact) mass is 428 g/mol. The number of rotatable bonds is 8. The van der Waals surface area contributed by atoms with Gasteiger partial charge in [0, 0.05) is 5.75 Å². The van der Waals surface area contributed by atoms with Gasteiger partial charge in [0.2, 0.25) is 0 Å². The normalized spacial score (nSPS) is 11.1. The van der Waals surface area contributed by atoms with Gasteiger partial charge in [0.05, 0.1) is 12.0 Å². The summed E-state index contributed by atoms with van der Waals surface area (Å²) in [7, 11) is 0. The predicted molar refractivity (Wildman–Crippen MR) is 118 cm³/mol. The lowest BCUT2D eigenvalue weighted by molar-refractivity contribution is -0.118. The van der Waals surface area contributed by atoms with E-state index in [1.165, 1.54) is 39.8 Å². The Morgan fingerprint density at radius 3 is 2.29 bits per heavy atom. The van der Waals surface area contributed by atoms with Crippen LogP contribution in [0.4, 0.5) is 0 Å². The highest BCUT2D eigenvalue weighted by atomic mass is 32.2. The highest BCUT2D eigenvalue weighted by molar-refractivity contribution is 8.03. The highest BCUT2D eigenvalue weighted by Gasteiger charge is 2.08. The van der Waals surface area contributed by atoms with Gasteiger partial charge in [-0.25, -0.2) is 5.43 Å². The van der Waals surface area contributed by atoms with Crippen molar-refractivity contribution in [3.05, 3.63) is 70.8 Å². The number of carbonyl (C=O) groups is 1. The number of aryl methyl sites for hydroxylation is 2. The minimum absolute atomic E-state index is 0.169. The lowest BCUT2D eigenvalue weighted by Gasteiger charge is -1.99. The molecule has 2 aromatic carbocycles. The fourth-order valence-corrected chi connectivity index (χ4v) is 4.90. The molecule has 0 saturated carbocycles. The zero-order chi connectivity index (χ0) is 19.8. The number of hydrogen-bond donors (Lipinski definition) is 1. The average molecular weight is 429 g/mol. The van der Waals surface area contributed by atoms with Gasteiger partial charge in [-0.2, -0.15) is 5.10 Å². The van der Waals surface area contributed by atoms with Crippen molar-refractivity contribution >= 4 is 47.0 Å². The molecule has 1 heterocycles. The van der Waals surface area contributed by atoms with E-state index >= 15 is 0 Å². The second-order valence-corrected chi connectivity index (χ2v) is 9.52. The minimum Gasteiger partial charge on any atom is -0.272 e. The van der Waals surface area contributed by atoms with Crippen molar-refractivity contribution in [3.8, 4) is 0 Å². The summed E-state index contributed by atoms with van der Waals surface area (Å²) in [6.07, 6.45) is 1.63. The zero-order valence-corrected chi connectivity index (χ0v) is 18.0. The fraction of sp³-hybridized carbons (Fsp3) is 0.200. The van der Waals surface area contributed by atoms with Crippen LogP contribution in [0, 0.1) is 13.8 Å². The molecule has 1 amide bonds. The molecule has 0 bridgehead atoms. The van der Waals surface area contributed by atoms with Crippen LogP contribution in [-0.4, -0.2) is 28.1 Å². The topological polar surface area (TPSA) is 67.2 Å². The van der Waals surface area contributed by atoms with E-state index in [9.17, 15) is 4.79 Å². The third kappa shape index (κ3) is 6.78. The van der Waals surface area contributed by atoms with Gasteiger partial charge in [-0.05, 0) is 25.0 Å². The smallest absolute Gasteiger partial charge is 0.250 e. The van der Waals surface area contributed by atoms with E-state index < -0.39 is 0 Å². The van der Waals surface area contributed by atoms with Crippen LogP contribution in [0.1, 0.15) is 22.3 Å². The number of benzene rings is 2. The molecule has 0 spiro atoms. The van der Waals surface area contributed by atoms with E-state index in [1.807, 2.05) is 31.2 Å². The van der Waals surface area contributed by atoms with E-state index in [0.29, 0.717) is 0 Å². The maximum Gasteiger partial charge on any atom is 0.250 e. The largest absolute Gasteiger partial charge is 0.272 e.